The number of benzene rings is 1. The normalized spacial score (nSPS) is 10.8. The van der Waals surface area contributed by atoms with Crippen LogP contribution in [0.15, 0.2) is 47.2 Å². The molecule has 0 atom stereocenters. The van der Waals surface area contributed by atoms with Gasteiger partial charge in [-0.2, -0.15) is 11.3 Å². The van der Waals surface area contributed by atoms with Crippen LogP contribution in [0.25, 0.3) is 6.08 Å². The Morgan fingerprint density at radius 1 is 1.19 bits per heavy atom. The van der Waals surface area contributed by atoms with Gasteiger partial charge in [-0.05, 0) is 30.0 Å². The number of hydrogen-bond acceptors (Lipinski definition) is 2. The van der Waals surface area contributed by atoms with Gasteiger partial charge in [0.05, 0.1) is 0 Å². The smallest absolute Gasteiger partial charge is 0.186 e. The van der Waals surface area contributed by atoms with Gasteiger partial charge in [-0.3, -0.25) is 4.79 Å². The van der Waals surface area contributed by atoms with Crippen molar-refractivity contribution in [3.8, 4) is 0 Å². The molecule has 0 saturated carbocycles. The third-order valence-corrected chi connectivity index (χ3v) is 2.99. The van der Waals surface area contributed by atoms with Gasteiger partial charge in [-0.25, -0.2) is 0 Å². The number of allylic oxidation sites excluding steroid dienone is 1. The molecule has 0 radical (unpaired) electrons. The van der Waals surface area contributed by atoms with Crippen LogP contribution in [0.1, 0.15) is 21.5 Å². The van der Waals surface area contributed by atoms with Gasteiger partial charge in [0, 0.05) is 10.9 Å². The fourth-order valence-electron chi connectivity index (χ4n) is 1.35. The van der Waals surface area contributed by atoms with E-state index in [9.17, 15) is 4.79 Å². The minimum absolute atomic E-state index is 0.0572. The molecule has 1 nitrogen and oxygen atoms in total. The molecule has 80 valence electrons. The number of ketones is 1. The minimum atomic E-state index is 0.0572. The number of thiophene rings is 1. The molecule has 0 aliphatic heterocycles. The summed E-state index contributed by atoms with van der Waals surface area (Å²) < 4.78 is 0. The van der Waals surface area contributed by atoms with Gasteiger partial charge in [-0.1, -0.05) is 35.9 Å². The highest BCUT2D eigenvalue weighted by atomic mass is 32.1. The molecular formula is C14H12OS. The highest BCUT2D eigenvalue weighted by Crippen LogP contribution is 2.09. The molecule has 1 aromatic carbocycles. The van der Waals surface area contributed by atoms with Crippen LogP contribution in [-0.2, 0) is 0 Å². The van der Waals surface area contributed by atoms with Crippen molar-refractivity contribution in [1.82, 2.24) is 0 Å². The third kappa shape index (κ3) is 2.67. The first-order chi connectivity index (χ1) is 7.75. The van der Waals surface area contributed by atoms with Gasteiger partial charge in [0.15, 0.2) is 5.78 Å². The molecule has 0 N–H and O–H groups in total. The Balaban J connectivity index is 2.10. The molecule has 0 aliphatic carbocycles. The fraction of sp³-hybridized carbons (Fsp3) is 0.0714. The van der Waals surface area contributed by atoms with E-state index in [1.54, 1.807) is 6.08 Å². The summed E-state index contributed by atoms with van der Waals surface area (Å²) in [5, 5.41) is 3.77. The summed E-state index contributed by atoms with van der Waals surface area (Å²) in [5.41, 5.74) is 3.03. The number of carbonyl (C=O) groups excluding carboxylic acids is 1. The Labute approximate surface area is 99.1 Å². The van der Waals surface area contributed by atoms with Crippen LogP contribution in [0, 0.1) is 6.92 Å². The lowest BCUT2D eigenvalue weighted by Gasteiger charge is -1.94. The molecule has 0 spiro atoms. The minimum Gasteiger partial charge on any atom is -0.289 e. The third-order valence-electron chi connectivity index (χ3n) is 2.31. The average molecular weight is 228 g/mol. The Hall–Kier alpha value is -1.67. The zero-order valence-electron chi connectivity index (χ0n) is 9.01. The lowest BCUT2D eigenvalue weighted by molar-refractivity contribution is 0.104. The molecule has 0 unspecified atom stereocenters. The van der Waals surface area contributed by atoms with Crippen molar-refractivity contribution >= 4 is 23.2 Å². The lowest BCUT2D eigenvalue weighted by Crippen LogP contribution is -1.89. The predicted octanol–water partition coefficient (Wildman–Crippen LogP) is 3.95. The van der Waals surface area contributed by atoms with E-state index in [4.69, 9.17) is 0 Å². The monoisotopic (exact) mass is 228 g/mol. The summed E-state index contributed by atoms with van der Waals surface area (Å²) in [5.74, 6) is 0.0572. The standard InChI is InChI=1S/C14H12OS/c1-11-2-4-12(5-3-11)6-7-14(15)13-8-9-16-10-13/h2-10H,1H3. The van der Waals surface area contributed by atoms with Gasteiger partial charge in [0.25, 0.3) is 0 Å². The second-order valence-electron chi connectivity index (χ2n) is 3.62. The van der Waals surface area contributed by atoms with Crippen molar-refractivity contribution in [3.05, 3.63) is 63.9 Å². The van der Waals surface area contributed by atoms with E-state index >= 15 is 0 Å². The highest BCUT2D eigenvalue weighted by Gasteiger charge is 2.00. The molecule has 0 bridgehead atoms. The van der Waals surface area contributed by atoms with E-state index in [0.29, 0.717) is 0 Å². The van der Waals surface area contributed by atoms with Gasteiger partial charge >= 0.3 is 0 Å². The second-order valence-corrected chi connectivity index (χ2v) is 4.40. The van der Waals surface area contributed by atoms with Gasteiger partial charge in [0.2, 0.25) is 0 Å². The summed E-state index contributed by atoms with van der Waals surface area (Å²) in [4.78, 5) is 11.7. The van der Waals surface area contributed by atoms with Gasteiger partial charge in [0.1, 0.15) is 0 Å². The Morgan fingerprint density at radius 3 is 2.56 bits per heavy atom. The van der Waals surface area contributed by atoms with Crippen molar-refractivity contribution in [2.75, 3.05) is 0 Å². The zero-order chi connectivity index (χ0) is 11.4. The van der Waals surface area contributed by atoms with E-state index in [2.05, 4.69) is 0 Å². The summed E-state index contributed by atoms with van der Waals surface area (Å²) in [6.45, 7) is 2.05. The Morgan fingerprint density at radius 2 is 1.94 bits per heavy atom. The first-order valence-electron chi connectivity index (χ1n) is 5.07. The van der Waals surface area contributed by atoms with Crippen LogP contribution in [0.5, 0.6) is 0 Å². The van der Waals surface area contributed by atoms with Crippen LogP contribution in [0.4, 0.5) is 0 Å². The van der Waals surface area contributed by atoms with Crippen molar-refractivity contribution < 1.29 is 4.79 Å². The molecule has 0 amide bonds. The Bertz CT molecular complexity index is 492. The van der Waals surface area contributed by atoms with Crippen LogP contribution in [0.2, 0.25) is 0 Å². The van der Waals surface area contributed by atoms with Crippen LogP contribution >= 0.6 is 11.3 Å². The number of aryl methyl sites for hydroxylation is 1. The molecule has 1 aromatic heterocycles. The van der Waals surface area contributed by atoms with Crippen LogP contribution in [0.3, 0.4) is 0 Å². The largest absolute Gasteiger partial charge is 0.289 e. The van der Waals surface area contributed by atoms with Crippen molar-refractivity contribution in [3.63, 3.8) is 0 Å². The SMILES string of the molecule is Cc1ccc(C=CC(=O)c2ccsc2)cc1. The molecule has 2 aromatic rings. The summed E-state index contributed by atoms with van der Waals surface area (Å²) >= 11 is 1.54. The van der Waals surface area contributed by atoms with Gasteiger partial charge < -0.3 is 0 Å². The van der Waals surface area contributed by atoms with Crippen molar-refractivity contribution in [2.24, 2.45) is 0 Å². The van der Waals surface area contributed by atoms with E-state index in [-0.39, 0.29) is 5.78 Å². The second kappa shape index (κ2) is 4.90. The molecule has 0 saturated heterocycles. The molecule has 0 fully saturated rings. The quantitative estimate of drug-likeness (QED) is 0.574. The first-order valence-corrected chi connectivity index (χ1v) is 6.01. The number of hydrogen-bond donors (Lipinski definition) is 0. The lowest BCUT2D eigenvalue weighted by atomic mass is 10.1. The van der Waals surface area contributed by atoms with Crippen molar-refractivity contribution in [1.29, 1.82) is 0 Å². The maximum Gasteiger partial charge on any atom is 0.186 e. The summed E-state index contributed by atoms with van der Waals surface area (Å²) in [7, 11) is 0. The van der Waals surface area contributed by atoms with Crippen molar-refractivity contribution in [2.45, 2.75) is 6.92 Å². The maximum atomic E-state index is 11.7. The van der Waals surface area contributed by atoms with Crippen LogP contribution in [-0.4, -0.2) is 5.78 Å². The predicted molar refractivity (Wildman–Crippen MR) is 68.9 cm³/mol. The van der Waals surface area contributed by atoms with E-state index in [1.807, 2.05) is 54.1 Å². The Kier molecular flexibility index (Phi) is 3.32. The molecule has 2 rings (SSSR count). The molecule has 1 heterocycles. The highest BCUT2D eigenvalue weighted by molar-refractivity contribution is 7.08. The molecule has 2 heteroatoms. The first kappa shape index (κ1) is 10.8. The molecular weight excluding hydrogens is 216 g/mol. The van der Waals surface area contributed by atoms with Crippen LogP contribution < -0.4 is 0 Å². The molecule has 16 heavy (non-hydrogen) atoms. The number of rotatable bonds is 3. The number of carbonyl (C=O) groups is 1. The summed E-state index contributed by atoms with van der Waals surface area (Å²) in [6.07, 6.45) is 3.46. The van der Waals surface area contributed by atoms with Gasteiger partial charge in [-0.15, -0.1) is 0 Å². The maximum absolute atomic E-state index is 11.7. The fourth-order valence-corrected chi connectivity index (χ4v) is 2.00. The average Bonchev–Trinajstić information content (AvgIpc) is 2.81. The summed E-state index contributed by atoms with van der Waals surface area (Å²) in [6, 6.07) is 9.93. The van der Waals surface area contributed by atoms with E-state index < -0.39 is 0 Å². The topological polar surface area (TPSA) is 17.1 Å². The zero-order valence-corrected chi connectivity index (χ0v) is 9.83. The van der Waals surface area contributed by atoms with E-state index in [0.717, 1.165) is 11.1 Å². The van der Waals surface area contributed by atoms with E-state index in [1.165, 1.54) is 16.9 Å². The molecule has 0 aliphatic rings.